The molecule has 1 fully saturated rings. The lowest BCUT2D eigenvalue weighted by Gasteiger charge is -2.20. The second-order valence-electron chi connectivity index (χ2n) is 4.95. The number of nitrogens with zero attached hydrogens (tertiary/aromatic N) is 2. The summed E-state index contributed by atoms with van der Waals surface area (Å²) in [7, 11) is 0. The second-order valence-corrected chi connectivity index (χ2v) is 4.95. The van der Waals surface area contributed by atoms with Gasteiger partial charge in [-0.25, -0.2) is 9.97 Å². The third kappa shape index (κ3) is 2.00. The van der Waals surface area contributed by atoms with Crippen LogP contribution in [0.15, 0.2) is 24.5 Å². The Morgan fingerprint density at radius 2 is 2.21 bits per heavy atom. The summed E-state index contributed by atoms with van der Waals surface area (Å²) in [6, 6.07) is 5.70. The smallest absolute Gasteiger partial charge is 0.240 e. The Morgan fingerprint density at radius 3 is 2.95 bits per heavy atom. The zero-order valence-electron chi connectivity index (χ0n) is 10.4. The SMILES string of the molecule is Nc1ncnc2cc(C[C@]3(N)CCNC3=O)ccc12. The third-order valence-electron chi connectivity index (χ3n) is 3.56. The molecule has 5 N–H and O–H groups in total. The molecule has 1 saturated heterocycles. The van der Waals surface area contributed by atoms with Gasteiger partial charge in [0, 0.05) is 11.9 Å². The summed E-state index contributed by atoms with van der Waals surface area (Å²) in [6.07, 6.45) is 2.58. The lowest BCUT2D eigenvalue weighted by atomic mass is 9.90. The van der Waals surface area contributed by atoms with Crippen molar-refractivity contribution in [1.82, 2.24) is 15.3 Å². The van der Waals surface area contributed by atoms with Gasteiger partial charge in [-0.3, -0.25) is 4.79 Å². The molecule has 0 radical (unpaired) electrons. The largest absolute Gasteiger partial charge is 0.383 e. The fourth-order valence-corrected chi connectivity index (χ4v) is 2.45. The number of fused-ring (bicyclic) bond motifs is 1. The number of nitrogens with two attached hydrogens (primary N) is 2. The van der Waals surface area contributed by atoms with Gasteiger partial charge in [0.15, 0.2) is 0 Å². The fourth-order valence-electron chi connectivity index (χ4n) is 2.45. The van der Waals surface area contributed by atoms with E-state index in [-0.39, 0.29) is 5.91 Å². The molecule has 1 amide bonds. The van der Waals surface area contributed by atoms with Crippen LogP contribution in [-0.4, -0.2) is 28.0 Å². The van der Waals surface area contributed by atoms with Crippen LogP contribution in [0.3, 0.4) is 0 Å². The molecule has 6 nitrogen and oxygen atoms in total. The first-order valence-corrected chi connectivity index (χ1v) is 6.15. The second kappa shape index (κ2) is 4.17. The molecule has 1 aromatic carbocycles. The average Bonchev–Trinajstić information content (AvgIpc) is 2.69. The van der Waals surface area contributed by atoms with Gasteiger partial charge >= 0.3 is 0 Å². The molecule has 98 valence electrons. The van der Waals surface area contributed by atoms with E-state index in [0.29, 0.717) is 25.2 Å². The van der Waals surface area contributed by atoms with Crippen molar-refractivity contribution in [1.29, 1.82) is 0 Å². The van der Waals surface area contributed by atoms with Crippen molar-refractivity contribution >= 4 is 22.6 Å². The lowest BCUT2D eigenvalue weighted by molar-refractivity contribution is -0.123. The zero-order chi connectivity index (χ0) is 13.5. The Balaban J connectivity index is 1.96. The van der Waals surface area contributed by atoms with Crippen molar-refractivity contribution < 1.29 is 4.79 Å². The van der Waals surface area contributed by atoms with Gasteiger partial charge < -0.3 is 16.8 Å². The van der Waals surface area contributed by atoms with Crippen LogP contribution in [0, 0.1) is 0 Å². The highest BCUT2D eigenvalue weighted by atomic mass is 16.2. The normalized spacial score (nSPS) is 22.7. The van der Waals surface area contributed by atoms with Crippen LogP contribution in [0.5, 0.6) is 0 Å². The number of anilines is 1. The molecular formula is C13H15N5O. The molecule has 1 atom stereocenters. The highest BCUT2D eigenvalue weighted by molar-refractivity contribution is 5.90. The van der Waals surface area contributed by atoms with Gasteiger partial charge in [-0.1, -0.05) is 6.07 Å². The molecule has 0 unspecified atom stereocenters. The van der Waals surface area contributed by atoms with Crippen LogP contribution in [0.2, 0.25) is 0 Å². The van der Waals surface area contributed by atoms with Crippen molar-refractivity contribution in [2.24, 2.45) is 5.73 Å². The summed E-state index contributed by atoms with van der Waals surface area (Å²) in [4.78, 5) is 19.9. The summed E-state index contributed by atoms with van der Waals surface area (Å²) in [5.41, 5.74) is 12.9. The molecule has 0 saturated carbocycles. The van der Waals surface area contributed by atoms with Crippen molar-refractivity contribution in [2.75, 3.05) is 12.3 Å². The first kappa shape index (κ1) is 11.9. The summed E-state index contributed by atoms with van der Waals surface area (Å²) < 4.78 is 0. The van der Waals surface area contributed by atoms with E-state index in [4.69, 9.17) is 11.5 Å². The Labute approximate surface area is 110 Å². The standard InChI is InChI=1S/C13H15N5O/c14-11-9-2-1-8(5-10(9)17-7-18-11)6-13(15)3-4-16-12(13)19/h1-2,5,7H,3-4,6,15H2,(H,16,19)(H2,14,17,18)/t13-/m1/s1. The number of benzene rings is 1. The maximum atomic E-state index is 11.7. The van der Waals surface area contributed by atoms with E-state index in [1.165, 1.54) is 6.33 Å². The molecule has 6 heteroatoms. The van der Waals surface area contributed by atoms with E-state index in [1.807, 2.05) is 18.2 Å². The van der Waals surface area contributed by atoms with Gasteiger partial charge in [0.05, 0.1) is 5.52 Å². The van der Waals surface area contributed by atoms with E-state index in [0.717, 1.165) is 16.5 Å². The van der Waals surface area contributed by atoms with Crippen LogP contribution in [0.25, 0.3) is 10.9 Å². The monoisotopic (exact) mass is 257 g/mol. The van der Waals surface area contributed by atoms with E-state index in [1.54, 1.807) is 0 Å². The minimum atomic E-state index is -0.813. The van der Waals surface area contributed by atoms with E-state index >= 15 is 0 Å². The van der Waals surface area contributed by atoms with Gasteiger partial charge in [0.25, 0.3) is 0 Å². The Hall–Kier alpha value is -2.21. The molecule has 1 aliphatic heterocycles. The summed E-state index contributed by atoms with van der Waals surface area (Å²) in [5, 5.41) is 3.58. The molecule has 2 aromatic rings. The number of amides is 1. The number of aromatic nitrogens is 2. The van der Waals surface area contributed by atoms with Gasteiger partial charge in [-0.05, 0) is 30.5 Å². The predicted molar refractivity (Wildman–Crippen MR) is 72.2 cm³/mol. The van der Waals surface area contributed by atoms with Crippen LogP contribution in [-0.2, 0) is 11.2 Å². The predicted octanol–water partition coefficient (Wildman–Crippen LogP) is -0.0281. The molecule has 0 aliphatic carbocycles. The molecule has 0 bridgehead atoms. The Morgan fingerprint density at radius 1 is 1.37 bits per heavy atom. The van der Waals surface area contributed by atoms with Crippen molar-refractivity contribution in [3.63, 3.8) is 0 Å². The molecule has 19 heavy (non-hydrogen) atoms. The first-order valence-electron chi connectivity index (χ1n) is 6.15. The maximum Gasteiger partial charge on any atom is 0.240 e. The third-order valence-corrected chi connectivity index (χ3v) is 3.56. The topological polar surface area (TPSA) is 107 Å². The Bertz CT molecular complexity index is 657. The molecule has 2 heterocycles. The molecule has 3 rings (SSSR count). The van der Waals surface area contributed by atoms with Crippen molar-refractivity contribution in [2.45, 2.75) is 18.4 Å². The van der Waals surface area contributed by atoms with Crippen molar-refractivity contribution in [3.05, 3.63) is 30.1 Å². The fraction of sp³-hybridized carbons (Fsp3) is 0.308. The summed E-state index contributed by atoms with van der Waals surface area (Å²) in [6.45, 7) is 0.637. The number of rotatable bonds is 2. The van der Waals surface area contributed by atoms with Gasteiger partial charge in [0.2, 0.25) is 5.91 Å². The highest BCUT2D eigenvalue weighted by Crippen LogP contribution is 2.23. The number of hydrogen-bond donors (Lipinski definition) is 3. The van der Waals surface area contributed by atoms with Crippen molar-refractivity contribution in [3.8, 4) is 0 Å². The van der Waals surface area contributed by atoms with Gasteiger partial charge in [-0.15, -0.1) is 0 Å². The number of carbonyl (C=O) groups is 1. The quantitative estimate of drug-likeness (QED) is 0.700. The summed E-state index contributed by atoms with van der Waals surface area (Å²) in [5.74, 6) is 0.368. The average molecular weight is 257 g/mol. The van der Waals surface area contributed by atoms with Crippen LogP contribution in [0.4, 0.5) is 5.82 Å². The van der Waals surface area contributed by atoms with Gasteiger partial charge in [0.1, 0.15) is 17.7 Å². The van der Waals surface area contributed by atoms with Gasteiger partial charge in [-0.2, -0.15) is 0 Å². The molecule has 0 spiro atoms. The van der Waals surface area contributed by atoms with Crippen LogP contribution < -0.4 is 16.8 Å². The minimum absolute atomic E-state index is 0.0881. The van der Waals surface area contributed by atoms with Crippen LogP contribution >= 0.6 is 0 Å². The zero-order valence-corrected chi connectivity index (χ0v) is 10.4. The number of carbonyl (C=O) groups excluding carboxylic acids is 1. The maximum absolute atomic E-state index is 11.7. The summed E-state index contributed by atoms with van der Waals surface area (Å²) >= 11 is 0. The lowest BCUT2D eigenvalue weighted by Crippen LogP contribution is -2.48. The molecule has 1 aliphatic rings. The van der Waals surface area contributed by atoms with E-state index in [2.05, 4.69) is 15.3 Å². The highest BCUT2D eigenvalue weighted by Gasteiger charge is 2.38. The Kier molecular flexibility index (Phi) is 2.60. The number of hydrogen-bond acceptors (Lipinski definition) is 5. The number of nitrogens with one attached hydrogen (secondary N) is 1. The minimum Gasteiger partial charge on any atom is -0.383 e. The van der Waals surface area contributed by atoms with Crippen LogP contribution in [0.1, 0.15) is 12.0 Å². The van der Waals surface area contributed by atoms with E-state index < -0.39 is 5.54 Å². The molecule has 1 aromatic heterocycles. The number of nitrogen functional groups attached to an aromatic ring is 1. The molecular weight excluding hydrogens is 242 g/mol. The van der Waals surface area contributed by atoms with E-state index in [9.17, 15) is 4.79 Å². The first-order chi connectivity index (χ1) is 9.08.